The summed E-state index contributed by atoms with van der Waals surface area (Å²) < 4.78 is 6.72. The van der Waals surface area contributed by atoms with E-state index in [9.17, 15) is 19.6 Å². The van der Waals surface area contributed by atoms with Crippen LogP contribution in [0.5, 0.6) is 0 Å². The van der Waals surface area contributed by atoms with Crippen LogP contribution in [0.3, 0.4) is 0 Å². The Morgan fingerprint density at radius 1 is 0.976 bits per heavy atom. The van der Waals surface area contributed by atoms with Crippen molar-refractivity contribution < 1.29 is 14.3 Å². The highest BCUT2D eigenvalue weighted by atomic mass is 35.5. The number of hydrogen-bond donors (Lipinski definition) is 1. The van der Waals surface area contributed by atoms with Crippen molar-refractivity contribution >= 4 is 40.4 Å². The molecule has 0 fully saturated rings. The zero-order valence-corrected chi connectivity index (χ0v) is 25.7. The van der Waals surface area contributed by atoms with Crippen LogP contribution in [0.2, 0.25) is 5.02 Å². The minimum Gasteiger partial charge on any atom is -0.466 e. The Labute approximate surface area is 254 Å². The van der Waals surface area contributed by atoms with Crippen LogP contribution in [0.4, 0.5) is 5.82 Å². The molecule has 1 aliphatic heterocycles. The fourth-order valence-electron chi connectivity index (χ4n) is 5.10. The first kappa shape index (κ1) is 33.1. The van der Waals surface area contributed by atoms with Gasteiger partial charge in [0.2, 0.25) is 5.91 Å². The standard InChI is InChI=1S/C33H43ClN4O4/c1-3-4-5-6-7-8-9-10-11-12-13-14-21-42-30(40)20-19-29(39)36-31-24(2)33(41)38-23-28(27(22-35)32(38)37-31)25-15-17-26(34)18-16-25/h15-18H,3-14,19-21,23H2,1-2H3,(H,36,39). The predicted octanol–water partition coefficient (Wildman–Crippen LogP) is 7.62. The van der Waals surface area contributed by atoms with Gasteiger partial charge in [0, 0.05) is 17.0 Å². The molecule has 1 aromatic carbocycles. The largest absolute Gasteiger partial charge is 0.466 e. The van der Waals surface area contributed by atoms with Gasteiger partial charge >= 0.3 is 5.97 Å². The monoisotopic (exact) mass is 594 g/mol. The Bertz CT molecular complexity index is 1340. The van der Waals surface area contributed by atoms with Crippen molar-refractivity contribution in [2.45, 2.75) is 110 Å². The number of rotatable bonds is 18. The summed E-state index contributed by atoms with van der Waals surface area (Å²) in [5, 5.41) is 13.0. The number of halogens is 1. The quantitative estimate of drug-likeness (QED) is 0.140. The number of carbonyl (C=O) groups is 2. The number of benzene rings is 1. The smallest absolute Gasteiger partial charge is 0.306 e. The molecule has 1 aromatic heterocycles. The number of hydrogen-bond acceptors (Lipinski definition) is 6. The van der Waals surface area contributed by atoms with E-state index >= 15 is 0 Å². The number of nitriles is 1. The second-order valence-corrected chi connectivity index (χ2v) is 11.4. The molecule has 3 rings (SSSR count). The number of allylic oxidation sites excluding steroid dienone is 2. The van der Waals surface area contributed by atoms with Gasteiger partial charge in [-0.05, 0) is 31.0 Å². The third-order valence-electron chi connectivity index (χ3n) is 7.62. The number of nitrogens with one attached hydrogen (secondary N) is 1. The van der Waals surface area contributed by atoms with E-state index in [1.54, 1.807) is 31.2 Å². The van der Waals surface area contributed by atoms with Gasteiger partial charge in [0.15, 0.2) is 5.82 Å². The van der Waals surface area contributed by atoms with Crippen LogP contribution < -0.4 is 10.9 Å². The van der Waals surface area contributed by atoms with E-state index < -0.39 is 11.9 Å². The minimum atomic E-state index is -0.448. The molecular formula is C33H43ClN4O4. The van der Waals surface area contributed by atoms with E-state index in [1.165, 1.54) is 62.4 Å². The van der Waals surface area contributed by atoms with E-state index in [-0.39, 0.29) is 47.7 Å². The minimum absolute atomic E-state index is 0.0584. The van der Waals surface area contributed by atoms with E-state index in [0.29, 0.717) is 17.2 Å². The van der Waals surface area contributed by atoms with E-state index in [4.69, 9.17) is 16.3 Å². The summed E-state index contributed by atoms with van der Waals surface area (Å²) >= 11 is 5.99. The maximum Gasteiger partial charge on any atom is 0.306 e. The second kappa shape index (κ2) is 17.5. The molecule has 1 aliphatic rings. The maximum absolute atomic E-state index is 13.1. The molecule has 0 unspecified atom stereocenters. The summed E-state index contributed by atoms with van der Waals surface area (Å²) in [4.78, 5) is 42.2. The normalized spacial score (nSPS) is 12.2. The Morgan fingerprint density at radius 2 is 1.57 bits per heavy atom. The van der Waals surface area contributed by atoms with Crippen molar-refractivity contribution in [1.29, 1.82) is 5.26 Å². The molecule has 0 bridgehead atoms. The summed E-state index contributed by atoms with van der Waals surface area (Å²) in [6.45, 7) is 4.38. The van der Waals surface area contributed by atoms with Crippen LogP contribution in [0.15, 0.2) is 29.1 Å². The molecule has 2 aromatic rings. The van der Waals surface area contributed by atoms with Crippen molar-refractivity contribution in [3.05, 3.63) is 56.6 Å². The van der Waals surface area contributed by atoms with Gasteiger partial charge in [-0.1, -0.05) is 101 Å². The van der Waals surface area contributed by atoms with Gasteiger partial charge in [0.05, 0.1) is 25.1 Å². The number of anilines is 1. The number of nitrogens with zero attached hydrogens (tertiary/aromatic N) is 3. The molecule has 0 atom stereocenters. The SMILES string of the molecule is CCCCCCCCCCCCCCOC(=O)CCC(=O)Nc1nc2n(c(=O)c1C)CC(c1ccc(Cl)cc1)=C2C#N. The summed E-state index contributed by atoms with van der Waals surface area (Å²) in [6.07, 6.45) is 14.7. The first-order valence-corrected chi connectivity index (χ1v) is 15.7. The van der Waals surface area contributed by atoms with Crippen LogP contribution in [0.25, 0.3) is 11.1 Å². The molecule has 0 aliphatic carbocycles. The van der Waals surface area contributed by atoms with Gasteiger partial charge < -0.3 is 10.1 Å². The Balaban J connectivity index is 1.38. The lowest BCUT2D eigenvalue weighted by Crippen LogP contribution is -2.27. The number of ether oxygens (including phenoxy) is 1. The van der Waals surface area contributed by atoms with Gasteiger partial charge in [0.1, 0.15) is 17.5 Å². The first-order chi connectivity index (χ1) is 20.3. The van der Waals surface area contributed by atoms with Crippen molar-refractivity contribution in [1.82, 2.24) is 9.55 Å². The van der Waals surface area contributed by atoms with Crippen LogP contribution in [-0.2, 0) is 20.9 Å². The lowest BCUT2D eigenvalue weighted by atomic mass is 10.0. The van der Waals surface area contributed by atoms with Crippen LogP contribution in [0, 0.1) is 18.3 Å². The third-order valence-corrected chi connectivity index (χ3v) is 7.87. The summed E-state index contributed by atoms with van der Waals surface area (Å²) in [5.74, 6) is -0.578. The number of carbonyl (C=O) groups excluding carboxylic acids is 2. The molecule has 9 heteroatoms. The van der Waals surface area contributed by atoms with Gasteiger partial charge in [-0.25, -0.2) is 4.98 Å². The number of fused-ring (bicyclic) bond motifs is 1. The van der Waals surface area contributed by atoms with E-state index in [2.05, 4.69) is 23.3 Å². The lowest BCUT2D eigenvalue weighted by Gasteiger charge is -2.11. The molecular weight excluding hydrogens is 552 g/mol. The number of amides is 1. The molecule has 0 saturated carbocycles. The fraction of sp³-hybridized carbons (Fsp3) is 0.545. The van der Waals surface area contributed by atoms with Gasteiger partial charge in [-0.3, -0.25) is 19.0 Å². The highest BCUT2D eigenvalue weighted by Crippen LogP contribution is 2.33. The average Bonchev–Trinajstić information content (AvgIpc) is 3.36. The summed E-state index contributed by atoms with van der Waals surface area (Å²) in [5.41, 5.74) is 1.63. The molecule has 0 spiro atoms. The van der Waals surface area contributed by atoms with Crippen molar-refractivity contribution in [3.8, 4) is 6.07 Å². The maximum atomic E-state index is 13.1. The summed E-state index contributed by atoms with van der Waals surface area (Å²) in [6, 6.07) is 9.17. The van der Waals surface area contributed by atoms with Gasteiger partial charge in [0.25, 0.3) is 5.56 Å². The molecule has 226 valence electrons. The molecule has 0 saturated heterocycles. The number of unbranched alkanes of at least 4 members (excludes halogenated alkanes) is 11. The zero-order chi connectivity index (χ0) is 30.3. The van der Waals surface area contributed by atoms with Crippen molar-refractivity contribution in [2.75, 3.05) is 11.9 Å². The van der Waals surface area contributed by atoms with Crippen molar-refractivity contribution in [3.63, 3.8) is 0 Å². The van der Waals surface area contributed by atoms with Crippen LogP contribution in [-0.4, -0.2) is 28.0 Å². The van der Waals surface area contributed by atoms with Crippen molar-refractivity contribution in [2.24, 2.45) is 0 Å². The predicted molar refractivity (Wildman–Crippen MR) is 167 cm³/mol. The molecule has 1 N–H and O–H groups in total. The van der Waals surface area contributed by atoms with Gasteiger partial charge in [-0.15, -0.1) is 0 Å². The average molecular weight is 595 g/mol. The molecule has 1 amide bonds. The van der Waals surface area contributed by atoms with Crippen LogP contribution in [0.1, 0.15) is 114 Å². The highest BCUT2D eigenvalue weighted by Gasteiger charge is 2.27. The topological polar surface area (TPSA) is 114 Å². The first-order valence-electron chi connectivity index (χ1n) is 15.3. The Hall–Kier alpha value is -3.44. The van der Waals surface area contributed by atoms with E-state index in [0.717, 1.165) is 24.8 Å². The fourth-order valence-corrected chi connectivity index (χ4v) is 5.22. The Kier molecular flexibility index (Phi) is 13.8. The third kappa shape index (κ3) is 9.84. The zero-order valence-electron chi connectivity index (χ0n) is 25.0. The lowest BCUT2D eigenvalue weighted by molar-refractivity contribution is -0.144. The van der Waals surface area contributed by atoms with Gasteiger partial charge in [-0.2, -0.15) is 5.26 Å². The number of esters is 1. The van der Waals surface area contributed by atoms with E-state index in [1.807, 2.05) is 0 Å². The molecule has 42 heavy (non-hydrogen) atoms. The van der Waals surface area contributed by atoms with Crippen LogP contribution >= 0.6 is 11.6 Å². The highest BCUT2D eigenvalue weighted by molar-refractivity contribution is 6.30. The molecule has 0 radical (unpaired) electrons. The Morgan fingerprint density at radius 3 is 2.17 bits per heavy atom. The number of aromatic nitrogens is 2. The second-order valence-electron chi connectivity index (χ2n) is 10.9. The summed E-state index contributed by atoms with van der Waals surface area (Å²) in [7, 11) is 0. The molecule has 2 heterocycles. The molecule has 8 nitrogen and oxygen atoms in total.